The van der Waals surface area contributed by atoms with E-state index in [9.17, 15) is 4.79 Å². The molecule has 0 aliphatic heterocycles. The van der Waals surface area contributed by atoms with Gasteiger partial charge >= 0.3 is 0 Å². The number of carbonyl (C=O) groups is 1. The average Bonchev–Trinajstić information content (AvgIpc) is 3.25. The van der Waals surface area contributed by atoms with Crippen LogP contribution in [0.5, 0.6) is 0 Å². The maximum atomic E-state index is 12.2. The summed E-state index contributed by atoms with van der Waals surface area (Å²) in [6.45, 7) is 0. The summed E-state index contributed by atoms with van der Waals surface area (Å²) in [5, 5.41) is 12.1. The molecule has 1 aliphatic carbocycles. The van der Waals surface area contributed by atoms with Crippen molar-refractivity contribution in [3.05, 3.63) is 40.9 Å². The summed E-state index contributed by atoms with van der Waals surface area (Å²) >= 11 is 3.01. The van der Waals surface area contributed by atoms with Crippen molar-refractivity contribution >= 4 is 34.1 Å². The van der Waals surface area contributed by atoms with Crippen LogP contribution in [0.1, 0.15) is 29.5 Å². The Labute approximate surface area is 137 Å². The van der Waals surface area contributed by atoms with Gasteiger partial charge in [-0.1, -0.05) is 41.7 Å². The van der Waals surface area contributed by atoms with Gasteiger partial charge in [0.05, 0.1) is 5.75 Å². The number of nitrogens with one attached hydrogen (secondary N) is 1. The van der Waals surface area contributed by atoms with Gasteiger partial charge in [-0.25, -0.2) is 0 Å². The highest BCUT2D eigenvalue weighted by atomic mass is 32.2. The van der Waals surface area contributed by atoms with Crippen LogP contribution in [-0.2, 0) is 4.79 Å². The van der Waals surface area contributed by atoms with Gasteiger partial charge in [0, 0.05) is 0 Å². The highest BCUT2D eigenvalue weighted by Crippen LogP contribution is 2.32. The molecule has 1 amide bonds. The molecule has 0 unspecified atom stereocenters. The number of nitrogens with zero attached hydrogens (tertiary/aromatic N) is 2. The lowest BCUT2D eigenvalue weighted by Crippen LogP contribution is -2.30. The van der Waals surface area contributed by atoms with Crippen molar-refractivity contribution in [3.63, 3.8) is 0 Å². The number of hydrogen-bond acceptors (Lipinski definition) is 6. The van der Waals surface area contributed by atoms with Gasteiger partial charge in [0.25, 0.3) is 0 Å². The molecule has 1 heterocycles. The molecule has 0 saturated heterocycles. The summed E-state index contributed by atoms with van der Waals surface area (Å²) < 4.78 is 0. The molecular formula is C15H18N4OS2. The van der Waals surface area contributed by atoms with Crippen molar-refractivity contribution in [3.8, 4) is 0 Å². The van der Waals surface area contributed by atoms with Crippen LogP contribution in [0.15, 0.2) is 30.3 Å². The molecule has 3 N–H and O–H groups in total. The summed E-state index contributed by atoms with van der Waals surface area (Å²) in [7, 11) is 0. The first-order valence-corrected chi connectivity index (χ1v) is 9.20. The first kappa shape index (κ1) is 15.3. The summed E-state index contributed by atoms with van der Waals surface area (Å²) in [4.78, 5) is 12.2. The zero-order chi connectivity index (χ0) is 15.4. The molecule has 22 heavy (non-hydrogen) atoms. The largest absolute Gasteiger partial charge is 0.374 e. The number of carbonyl (C=O) groups excluding carboxylic acids is 1. The Balaban J connectivity index is 1.66. The fourth-order valence-corrected chi connectivity index (χ4v) is 3.85. The monoisotopic (exact) mass is 334 g/mol. The molecule has 1 saturated carbocycles. The average molecular weight is 334 g/mol. The molecule has 0 radical (unpaired) electrons. The molecule has 2 aromatic rings. The number of nitrogen functional groups attached to an aromatic ring is 1. The van der Waals surface area contributed by atoms with Gasteiger partial charge in [0.2, 0.25) is 11.0 Å². The SMILES string of the molecule is Nc1nnc([C@H](NC(=O)CSCC2CC2)c2ccccc2)s1. The Morgan fingerprint density at radius 3 is 2.77 bits per heavy atom. The molecule has 116 valence electrons. The Bertz CT molecular complexity index is 627. The van der Waals surface area contributed by atoms with Crippen LogP contribution in [0, 0.1) is 5.92 Å². The fraction of sp³-hybridized carbons (Fsp3) is 0.400. The van der Waals surface area contributed by atoms with Gasteiger partial charge in [-0.2, -0.15) is 11.8 Å². The molecule has 0 bridgehead atoms. The van der Waals surface area contributed by atoms with Gasteiger partial charge in [0.1, 0.15) is 11.0 Å². The Morgan fingerprint density at radius 1 is 1.36 bits per heavy atom. The highest BCUT2D eigenvalue weighted by Gasteiger charge is 2.23. The molecule has 5 nitrogen and oxygen atoms in total. The van der Waals surface area contributed by atoms with Crippen molar-refractivity contribution in [2.45, 2.75) is 18.9 Å². The van der Waals surface area contributed by atoms with Crippen molar-refractivity contribution in [1.29, 1.82) is 0 Å². The van der Waals surface area contributed by atoms with E-state index in [4.69, 9.17) is 5.73 Å². The van der Waals surface area contributed by atoms with E-state index in [-0.39, 0.29) is 11.9 Å². The fourth-order valence-electron chi connectivity index (χ4n) is 2.10. The maximum Gasteiger partial charge on any atom is 0.230 e. The molecule has 3 rings (SSSR count). The standard InChI is InChI=1S/C15H18N4OS2/c16-15-19-18-14(22-15)13(11-4-2-1-3-5-11)17-12(20)9-21-8-10-6-7-10/h1-5,10,13H,6-9H2,(H2,16,19)(H,17,20)/t13-/m1/s1. The summed E-state index contributed by atoms with van der Waals surface area (Å²) in [6.07, 6.45) is 2.62. The van der Waals surface area contributed by atoms with Crippen LogP contribution in [0.25, 0.3) is 0 Å². The second-order valence-electron chi connectivity index (χ2n) is 5.35. The number of thioether (sulfide) groups is 1. The van der Waals surface area contributed by atoms with Gasteiger partial charge in [-0.3, -0.25) is 4.79 Å². The number of nitrogens with two attached hydrogens (primary N) is 1. The number of anilines is 1. The molecule has 1 fully saturated rings. The summed E-state index contributed by atoms with van der Waals surface area (Å²) in [6, 6.07) is 9.49. The number of benzene rings is 1. The molecule has 1 aliphatic rings. The number of amides is 1. The van der Waals surface area contributed by atoms with Crippen LogP contribution < -0.4 is 11.1 Å². The predicted octanol–water partition coefficient (Wildman–Crippen LogP) is 2.47. The van der Waals surface area contributed by atoms with E-state index in [1.165, 1.54) is 24.2 Å². The quantitative estimate of drug-likeness (QED) is 0.813. The van der Waals surface area contributed by atoms with E-state index in [1.54, 1.807) is 11.8 Å². The van der Waals surface area contributed by atoms with Crippen LogP contribution >= 0.6 is 23.1 Å². The number of hydrogen-bond donors (Lipinski definition) is 2. The molecule has 1 atom stereocenters. The minimum Gasteiger partial charge on any atom is -0.374 e. The van der Waals surface area contributed by atoms with Crippen molar-refractivity contribution in [1.82, 2.24) is 15.5 Å². The lowest BCUT2D eigenvalue weighted by molar-refractivity contribution is -0.119. The third-order valence-corrected chi connectivity index (χ3v) is 5.42. The molecule has 0 spiro atoms. The minimum absolute atomic E-state index is 0.0216. The highest BCUT2D eigenvalue weighted by molar-refractivity contribution is 7.99. The summed E-state index contributed by atoms with van der Waals surface area (Å²) in [5.74, 6) is 2.41. The third-order valence-electron chi connectivity index (χ3n) is 3.43. The van der Waals surface area contributed by atoms with E-state index < -0.39 is 0 Å². The van der Waals surface area contributed by atoms with Crippen molar-refractivity contribution in [2.75, 3.05) is 17.2 Å². The van der Waals surface area contributed by atoms with E-state index in [0.29, 0.717) is 15.9 Å². The second kappa shape index (κ2) is 7.11. The lowest BCUT2D eigenvalue weighted by atomic mass is 10.1. The first-order chi connectivity index (χ1) is 10.7. The number of aromatic nitrogens is 2. The van der Waals surface area contributed by atoms with E-state index >= 15 is 0 Å². The van der Waals surface area contributed by atoms with E-state index in [0.717, 1.165) is 17.2 Å². The van der Waals surface area contributed by atoms with Crippen LogP contribution in [0.3, 0.4) is 0 Å². The Morgan fingerprint density at radius 2 is 2.14 bits per heavy atom. The zero-order valence-electron chi connectivity index (χ0n) is 12.1. The van der Waals surface area contributed by atoms with Gasteiger partial charge in [-0.05, 0) is 30.1 Å². The normalized spacial score (nSPS) is 15.5. The number of rotatable bonds is 7. The van der Waals surface area contributed by atoms with Crippen LogP contribution in [-0.4, -0.2) is 27.6 Å². The van der Waals surface area contributed by atoms with E-state index in [1.807, 2.05) is 30.3 Å². The second-order valence-corrected chi connectivity index (χ2v) is 7.42. The smallest absolute Gasteiger partial charge is 0.230 e. The first-order valence-electron chi connectivity index (χ1n) is 7.23. The van der Waals surface area contributed by atoms with Gasteiger partial charge in [0.15, 0.2) is 0 Å². The van der Waals surface area contributed by atoms with Crippen LogP contribution in [0.2, 0.25) is 0 Å². The van der Waals surface area contributed by atoms with E-state index in [2.05, 4.69) is 15.5 Å². The molecule has 1 aromatic heterocycles. The van der Waals surface area contributed by atoms with Gasteiger partial charge < -0.3 is 11.1 Å². The van der Waals surface area contributed by atoms with Crippen LogP contribution in [0.4, 0.5) is 5.13 Å². The van der Waals surface area contributed by atoms with Crippen molar-refractivity contribution in [2.24, 2.45) is 5.92 Å². The summed E-state index contributed by atoms with van der Waals surface area (Å²) in [5.41, 5.74) is 6.66. The zero-order valence-corrected chi connectivity index (χ0v) is 13.7. The maximum absolute atomic E-state index is 12.2. The Kier molecular flexibility index (Phi) is 4.94. The third kappa shape index (κ3) is 4.20. The molecule has 1 aromatic carbocycles. The van der Waals surface area contributed by atoms with Crippen molar-refractivity contribution < 1.29 is 4.79 Å². The van der Waals surface area contributed by atoms with Gasteiger partial charge in [-0.15, -0.1) is 10.2 Å². The molecule has 7 heteroatoms. The Hall–Kier alpha value is -1.60. The molecular weight excluding hydrogens is 316 g/mol. The lowest BCUT2D eigenvalue weighted by Gasteiger charge is -2.16. The topological polar surface area (TPSA) is 80.9 Å². The predicted molar refractivity (Wildman–Crippen MR) is 90.8 cm³/mol. The minimum atomic E-state index is -0.287.